The maximum Gasteiger partial charge on any atom is 0.435 e. The van der Waals surface area contributed by atoms with E-state index in [2.05, 4.69) is 22.1 Å². The molecule has 118 valence electrons. The average Bonchev–Trinajstić information content (AvgIpc) is 2.63. The third-order valence-corrected chi connectivity index (χ3v) is 3.49. The molecular weight excluding hydrogens is 339 g/mol. The van der Waals surface area contributed by atoms with Crippen molar-refractivity contribution in [2.24, 2.45) is 12.8 Å². The van der Waals surface area contributed by atoms with Gasteiger partial charge in [0.05, 0.1) is 5.56 Å². The number of hydrogen-bond acceptors (Lipinski definition) is 4. The zero-order valence-corrected chi connectivity index (χ0v) is 12.1. The maximum atomic E-state index is 12.8. The number of ether oxygens (including phenoxy) is 1. The lowest BCUT2D eigenvalue weighted by Gasteiger charge is -2.08. The molecule has 4 N–H and O–H groups in total. The van der Waals surface area contributed by atoms with E-state index in [1.165, 1.54) is 0 Å². The van der Waals surface area contributed by atoms with Crippen LogP contribution in [0.2, 0.25) is 0 Å². The smallest absolute Gasteiger partial charge is 0.417 e. The topological polar surface area (TPSA) is 78.7 Å². The minimum absolute atomic E-state index is 0.0926. The van der Waals surface area contributed by atoms with Gasteiger partial charge in [-0.1, -0.05) is 12.2 Å². The number of halogens is 5. The van der Waals surface area contributed by atoms with Gasteiger partial charge >= 0.3 is 12.8 Å². The number of alkyl halides is 5. The predicted octanol–water partition coefficient (Wildman–Crippen LogP) is 0.717. The third kappa shape index (κ3) is 4.52. The first-order valence-electron chi connectivity index (χ1n) is 5.17. The quantitative estimate of drug-likeness (QED) is 0.362. The Hall–Kier alpha value is -1.43. The first-order valence-corrected chi connectivity index (χ1v) is 6.56. The Balaban J connectivity index is 3.17. The van der Waals surface area contributed by atoms with Crippen LogP contribution in [0.5, 0.6) is 5.88 Å². The van der Waals surface area contributed by atoms with Crippen molar-refractivity contribution >= 4 is 34.0 Å². The van der Waals surface area contributed by atoms with E-state index in [0.717, 1.165) is 7.05 Å². The molecule has 0 saturated carbocycles. The Morgan fingerprint density at radius 2 is 2.10 bits per heavy atom. The highest BCUT2D eigenvalue weighted by molar-refractivity contribution is 8.16. The molecule has 0 radical (unpaired) electrons. The van der Waals surface area contributed by atoms with Crippen molar-refractivity contribution in [3.05, 3.63) is 11.3 Å². The molecule has 0 aliphatic rings. The van der Waals surface area contributed by atoms with E-state index in [4.69, 9.17) is 11.1 Å². The van der Waals surface area contributed by atoms with E-state index in [-0.39, 0.29) is 10.0 Å². The van der Waals surface area contributed by atoms with Crippen LogP contribution in [0.1, 0.15) is 11.3 Å². The number of nitrogens with zero attached hydrogens (tertiary/aromatic N) is 2. The number of thioether (sulfide) groups is 1. The lowest BCUT2D eigenvalue weighted by atomic mass is 10.2. The summed E-state index contributed by atoms with van der Waals surface area (Å²) in [7, 11) is 1.06. The van der Waals surface area contributed by atoms with E-state index < -0.39 is 35.7 Å². The third-order valence-electron chi connectivity index (χ3n) is 2.17. The number of rotatable bonds is 4. The summed E-state index contributed by atoms with van der Waals surface area (Å²) >= 11 is 5.22. The molecule has 12 heteroatoms. The number of nitrogens with two attached hydrogens (primary N) is 2. The van der Waals surface area contributed by atoms with Crippen LogP contribution in [0.15, 0.2) is 0 Å². The molecule has 0 fully saturated rings. The van der Waals surface area contributed by atoms with Crippen LogP contribution in [0.4, 0.5) is 22.0 Å². The maximum absolute atomic E-state index is 12.8. The second kappa shape index (κ2) is 6.56. The first kappa shape index (κ1) is 17.6. The van der Waals surface area contributed by atoms with Crippen LogP contribution in [-0.4, -0.2) is 26.4 Å². The van der Waals surface area contributed by atoms with Gasteiger partial charge in [0.25, 0.3) is 5.04 Å². The van der Waals surface area contributed by atoms with Crippen LogP contribution in [-0.2, 0) is 19.0 Å². The van der Waals surface area contributed by atoms with E-state index in [9.17, 15) is 22.0 Å². The normalized spacial score (nSPS) is 11.8. The summed E-state index contributed by atoms with van der Waals surface area (Å²) in [5, 5.41) is 8.47. The van der Waals surface area contributed by atoms with Crippen LogP contribution in [0.25, 0.3) is 0 Å². The monoisotopic (exact) mass is 349 g/mol. The Morgan fingerprint density at radius 1 is 1.52 bits per heavy atom. The average molecular weight is 349 g/mol. The summed E-state index contributed by atoms with van der Waals surface area (Å²) in [6, 6.07) is 0. The van der Waals surface area contributed by atoms with Gasteiger partial charge < -0.3 is 10.5 Å². The molecule has 0 aliphatic carbocycles. The number of hydrogen-bond donors (Lipinski definition) is 2. The molecule has 1 rings (SSSR count). The SMILES string of the molecule is Cn1nc(C(F)(F)F)c(CSC(=[NH2+])C(N)=S)c1OC(F)F. The minimum atomic E-state index is -4.82. The molecule has 5 nitrogen and oxygen atoms in total. The largest absolute Gasteiger partial charge is 0.435 e. The van der Waals surface area contributed by atoms with E-state index in [1.54, 1.807) is 0 Å². The van der Waals surface area contributed by atoms with Crippen molar-refractivity contribution in [1.29, 1.82) is 0 Å². The fraction of sp³-hybridized carbons (Fsp3) is 0.444. The second-order valence-corrected chi connectivity index (χ2v) is 5.11. The van der Waals surface area contributed by atoms with Gasteiger partial charge in [-0.05, 0) is 11.8 Å². The molecule has 0 saturated heterocycles. The molecule has 0 bridgehead atoms. The van der Waals surface area contributed by atoms with Gasteiger partial charge in [0, 0.05) is 12.8 Å². The van der Waals surface area contributed by atoms with Crippen LogP contribution >= 0.6 is 24.0 Å². The van der Waals surface area contributed by atoms with Crippen molar-refractivity contribution in [2.45, 2.75) is 18.5 Å². The summed E-state index contributed by atoms with van der Waals surface area (Å²) in [6.45, 7) is -3.29. The number of aryl methyl sites for hydroxylation is 1. The highest BCUT2D eigenvalue weighted by Gasteiger charge is 2.40. The molecule has 0 aliphatic heterocycles. The Morgan fingerprint density at radius 3 is 2.52 bits per heavy atom. The van der Waals surface area contributed by atoms with Crippen LogP contribution in [0, 0.1) is 0 Å². The van der Waals surface area contributed by atoms with E-state index in [1.807, 2.05) is 0 Å². The van der Waals surface area contributed by atoms with Gasteiger partial charge in [0.2, 0.25) is 5.88 Å². The lowest BCUT2D eigenvalue weighted by molar-refractivity contribution is -0.142. The molecular formula is C9H10F5N4OS2+. The lowest BCUT2D eigenvalue weighted by Crippen LogP contribution is -2.44. The Labute approximate surface area is 125 Å². The van der Waals surface area contributed by atoms with Gasteiger partial charge in [0.15, 0.2) is 10.7 Å². The molecule has 0 aromatic carbocycles. The molecule has 1 aromatic heterocycles. The number of thiocarbonyl (C=S) groups is 1. The predicted molar refractivity (Wildman–Crippen MR) is 69.9 cm³/mol. The molecule has 0 atom stereocenters. The molecule has 21 heavy (non-hydrogen) atoms. The Kier molecular flexibility index (Phi) is 5.50. The van der Waals surface area contributed by atoms with Crippen molar-refractivity contribution in [1.82, 2.24) is 9.78 Å². The molecule has 0 spiro atoms. The standard InChI is InChI=1S/C9H9F5N4OS2/c1-18-7(19-8(10)11)3(2-21-6(16)5(15)20)4(17-18)9(12,13)14/h8,16H,2H2,1H3,(H2,15,20)/p+1. The molecule has 0 unspecified atom stereocenters. The van der Waals surface area contributed by atoms with Gasteiger partial charge in [-0.15, -0.1) is 0 Å². The second-order valence-electron chi connectivity index (χ2n) is 3.65. The van der Waals surface area contributed by atoms with Crippen LogP contribution < -0.4 is 15.9 Å². The van der Waals surface area contributed by atoms with Crippen molar-refractivity contribution < 1.29 is 32.1 Å². The highest BCUT2D eigenvalue weighted by Crippen LogP contribution is 2.37. The Bertz CT molecular complexity index is 557. The molecule has 1 aromatic rings. The highest BCUT2D eigenvalue weighted by atomic mass is 32.2. The van der Waals surface area contributed by atoms with E-state index in [0.29, 0.717) is 16.4 Å². The fourth-order valence-electron chi connectivity index (χ4n) is 1.36. The summed E-state index contributed by atoms with van der Waals surface area (Å²) in [6.07, 6.45) is -4.82. The van der Waals surface area contributed by atoms with Gasteiger partial charge in [-0.25, -0.2) is 10.1 Å². The van der Waals surface area contributed by atoms with Crippen molar-refractivity contribution in [2.75, 3.05) is 0 Å². The van der Waals surface area contributed by atoms with Crippen molar-refractivity contribution in [3.8, 4) is 5.88 Å². The molecule has 1 heterocycles. The minimum Gasteiger partial charge on any atom is -0.417 e. The zero-order valence-electron chi connectivity index (χ0n) is 10.4. The molecule has 0 amide bonds. The van der Waals surface area contributed by atoms with Gasteiger partial charge in [-0.2, -0.15) is 27.1 Å². The summed E-state index contributed by atoms with van der Waals surface area (Å²) in [5.41, 5.74) is 3.31. The van der Waals surface area contributed by atoms with Crippen molar-refractivity contribution in [3.63, 3.8) is 0 Å². The zero-order chi connectivity index (χ0) is 16.4. The summed E-state index contributed by atoms with van der Waals surface area (Å²) in [4.78, 5) is -0.200. The van der Waals surface area contributed by atoms with Gasteiger partial charge in [0.1, 0.15) is 0 Å². The van der Waals surface area contributed by atoms with Crippen LogP contribution in [0.3, 0.4) is 0 Å². The van der Waals surface area contributed by atoms with Gasteiger partial charge in [-0.3, -0.25) is 0 Å². The summed E-state index contributed by atoms with van der Waals surface area (Å²) < 4.78 is 67.8. The number of aromatic nitrogens is 2. The fourth-order valence-corrected chi connectivity index (χ4v) is 2.24. The van der Waals surface area contributed by atoms with E-state index >= 15 is 0 Å². The summed E-state index contributed by atoms with van der Waals surface area (Å²) in [5.74, 6) is -1.12. The first-order chi connectivity index (χ1) is 9.54.